The number of hydrogen-bond acceptors (Lipinski definition) is 4. The summed E-state index contributed by atoms with van der Waals surface area (Å²) in [5.41, 5.74) is 4.05. The van der Waals surface area contributed by atoms with E-state index in [1.807, 2.05) is 13.8 Å². The lowest BCUT2D eigenvalue weighted by molar-refractivity contribution is 0.105. The van der Waals surface area contributed by atoms with E-state index in [-0.39, 0.29) is 17.2 Å². The Kier molecular flexibility index (Phi) is 4.63. The molecule has 3 aliphatic rings. The van der Waals surface area contributed by atoms with Crippen molar-refractivity contribution >= 4 is 21.6 Å². The summed E-state index contributed by atoms with van der Waals surface area (Å²) in [4.78, 5) is 12.9. The fourth-order valence-corrected chi connectivity index (χ4v) is 5.78. The maximum Gasteiger partial charge on any atom is 0.354 e. The number of carbonyl (C=O) groups is 1. The van der Waals surface area contributed by atoms with Crippen LogP contribution < -0.4 is 15.2 Å². The topological polar surface area (TPSA) is 112 Å². The van der Waals surface area contributed by atoms with Crippen molar-refractivity contribution in [3.05, 3.63) is 34.5 Å². The Bertz CT molecular complexity index is 1220. The van der Waals surface area contributed by atoms with Gasteiger partial charge in [0.1, 0.15) is 16.7 Å². The first-order chi connectivity index (χ1) is 14.7. The highest BCUT2D eigenvalue weighted by Gasteiger charge is 2.38. The minimum Gasteiger partial charge on any atom is -0.469 e. The third kappa shape index (κ3) is 3.41. The van der Waals surface area contributed by atoms with Gasteiger partial charge in [-0.15, -0.1) is 4.36 Å². The summed E-state index contributed by atoms with van der Waals surface area (Å²) in [7, 11) is -3.58. The Hall–Kier alpha value is -2.46. The molecule has 0 bridgehead atoms. The molecule has 0 spiro atoms. The molecule has 3 atom stereocenters. The molecule has 31 heavy (non-hydrogen) atoms. The molecule has 2 heterocycles. The number of aryl methyl sites for hydroxylation is 1. The lowest BCUT2D eigenvalue weighted by Crippen LogP contribution is -2.30. The molecular weight excluding hydrogens is 421 g/mol. The summed E-state index contributed by atoms with van der Waals surface area (Å²) in [5, 5.41) is 13.0. The van der Waals surface area contributed by atoms with Crippen LogP contribution in [0.1, 0.15) is 48.9 Å². The van der Waals surface area contributed by atoms with Gasteiger partial charge in [-0.2, -0.15) is 5.10 Å². The van der Waals surface area contributed by atoms with Crippen LogP contribution in [0.4, 0.5) is 14.9 Å². The summed E-state index contributed by atoms with van der Waals surface area (Å²) in [6.45, 7) is 4.43. The zero-order valence-electron chi connectivity index (χ0n) is 17.6. The maximum atomic E-state index is 14.1. The maximum absolute atomic E-state index is 14.1. The van der Waals surface area contributed by atoms with E-state index in [0.717, 1.165) is 47.9 Å². The van der Waals surface area contributed by atoms with Crippen LogP contribution in [0.25, 0.3) is 0 Å². The Morgan fingerprint density at radius 2 is 2.23 bits per heavy atom. The molecule has 0 saturated carbocycles. The largest absolute Gasteiger partial charge is 0.469 e. The molecule has 2 amide bonds. The second kappa shape index (κ2) is 7.03. The number of nitrogens with zero attached hydrogens (tertiary/aromatic N) is 3. The van der Waals surface area contributed by atoms with E-state index in [0.29, 0.717) is 18.7 Å². The summed E-state index contributed by atoms with van der Waals surface area (Å²) in [6.07, 6.45) is 4.44. The Morgan fingerprint density at radius 3 is 3.00 bits per heavy atom. The quantitative estimate of drug-likeness (QED) is 0.752. The van der Waals surface area contributed by atoms with Crippen LogP contribution in [0.3, 0.4) is 0 Å². The molecule has 0 fully saturated rings. The predicted octanol–water partition coefficient (Wildman–Crippen LogP) is 3.30. The van der Waals surface area contributed by atoms with Crippen molar-refractivity contribution in [2.45, 2.75) is 75.6 Å². The zero-order chi connectivity index (χ0) is 22.0. The normalized spacial score (nSPS) is 25.4. The standard InChI is InChI=1S/C21H26FN5O3S/c1-3-21(2)11-27-19(30-21)17(10-24-27)31(23,29)26-20(28)25-18-15-6-4-5-12(15)7-13-8-14(22)9-16(13)18/h7,10,14H,3-6,8-9,11H2,1-2H3,(H3,23,25,26,28,29)/t14-,21+,31?/m0/s1. The SMILES string of the molecule is CC[C@]1(C)Cn2ncc(S(N)(=O)=NC(=O)Nc3c4c(cc5c3C[C@@H](F)C5)CCC4)c2O1. The van der Waals surface area contributed by atoms with Crippen LogP contribution >= 0.6 is 0 Å². The van der Waals surface area contributed by atoms with Crippen LogP contribution in [0.5, 0.6) is 5.88 Å². The van der Waals surface area contributed by atoms with Crippen molar-refractivity contribution in [1.29, 1.82) is 0 Å². The van der Waals surface area contributed by atoms with Crippen LogP contribution in [-0.4, -0.2) is 31.8 Å². The number of rotatable bonds is 3. The lowest BCUT2D eigenvalue weighted by atomic mass is 9.99. The van der Waals surface area contributed by atoms with Gasteiger partial charge in [-0.3, -0.25) is 0 Å². The number of ether oxygens (including phenoxy) is 1. The molecule has 2 aliphatic carbocycles. The molecule has 10 heteroatoms. The van der Waals surface area contributed by atoms with Gasteiger partial charge in [-0.25, -0.2) is 23.2 Å². The van der Waals surface area contributed by atoms with Gasteiger partial charge in [0.15, 0.2) is 9.92 Å². The summed E-state index contributed by atoms with van der Waals surface area (Å²) in [5.74, 6) is 0.287. The number of nitrogens with two attached hydrogens (primary N) is 1. The lowest BCUT2D eigenvalue weighted by Gasteiger charge is -2.20. The monoisotopic (exact) mass is 447 g/mol. The Balaban J connectivity index is 1.47. The number of benzene rings is 1. The smallest absolute Gasteiger partial charge is 0.354 e. The number of fused-ring (bicyclic) bond motifs is 3. The third-order valence-corrected chi connectivity index (χ3v) is 7.91. The number of amides is 2. The van der Waals surface area contributed by atoms with E-state index in [1.54, 1.807) is 4.68 Å². The van der Waals surface area contributed by atoms with E-state index >= 15 is 0 Å². The van der Waals surface area contributed by atoms with Gasteiger partial charge in [0.05, 0.1) is 12.7 Å². The first kappa shape index (κ1) is 20.4. The second-order valence-electron chi connectivity index (χ2n) is 8.85. The fraction of sp³-hybridized carbons (Fsp3) is 0.524. The van der Waals surface area contributed by atoms with Crippen LogP contribution in [0, 0.1) is 0 Å². The molecule has 3 N–H and O–H groups in total. The van der Waals surface area contributed by atoms with E-state index in [4.69, 9.17) is 9.88 Å². The number of carbonyl (C=O) groups excluding carboxylic acids is 1. The van der Waals surface area contributed by atoms with Gasteiger partial charge in [-0.05, 0) is 54.9 Å². The van der Waals surface area contributed by atoms with E-state index in [1.165, 1.54) is 6.20 Å². The van der Waals surface area contributed by atoms with E-state index in [2.05, 4.69) is 20.8 Å². The van der Waals surface area contributed by atoms with Gasteiger partial charge in [0.2, 0.25) is 5.88 Å². The van der Waals surface area contributed by atoms with Gasteiger partial charge < -0.3 is 10.1 Å². The van der Waals surface area contributed by atoms with Crippen LogP contribution in [0.2, 0.25) is 0 Å². The third-order valence-electron chi connectivity index (χ3n) is 6.57. The summed E-state index contributed by atoms with van der Waals surface area (Å²) < 4.78 is 38.6. The first-order valence-electron chi connectivity index (χ1n) is 10.6. The van der Waals surface area contributed by atoms with Crippen molar-refractivity contribution in [2.24, 2.45) is 9.50 Å². The minimum atomic E-state index is -3.58. The number of aromatic nitrogens is 2. The van der Waals surface area contributed by atoms with Gasteiger partial charge in [-0.1, -0.05) is 13.0 Å². The molecule has 0 saturated heterocycles. The summed E-state index contributed by atoms with van der Waals surface area (Å²) in [6, 6.07) is 1.25. The number of hydrogen-bond donors (Lipinski definition) is 2. The highest BCUT2D eigenvalue weighted by atomic mass is 32.2. The predicted molar refractivity (Wildman–Crippen MR) is 114 cm³/mol. The van der Waals surface area contributed by atoms with Crippen molar-refractivity contribution in [1.82, 2.24) is 9.78 Å². The van der Waals surface area contributed by atoms with Gasteiger partial charge >= 0.3 is 6.03 Å². The highest BCUT2D eigenvalue weighted by Crippen LogP contribution is 2.40. The molecule has 0 radical (unpaired) electrons. The molecule has 5 rings (SSSR count). The van der Waals surface area contributed by atoms with Crippen LogP contribution in [-0.2, 0) is 42.1 Å². The van der Waals surface area contributed by atoms with Crippen LogP contribution in [0.15, 0.2) is 21.5 Å². The Morgan fingerprint density at radius 1 is 1.42 bits per heavy atom. The number of anilines is 1. The summed E-state index contributed by atoms with van der Waals surface area (Å²) >= 11 is 0. The average Bonchev–Trinajstić information content (AvgIpc) is 3.43. The molecule has 1 aliphatic heterocycles. The molecule has 8 nitrogen and oxygen atoms in total. The molecule has 2 aromatic rings. The molecule has 1 aromatic heterocycles. The van der Waals surface area contributed by atoms with Gasteiger partial charge in [0, 0.05) is 18.5 Å². The van der Waals surface area contributed by atoms with Crippen molar-refractivity contribution in [3.63, 3.8) is 0 Å². The Labute approximate surface area is 180 Å². The van der Waals surface area contributed by atoms with Crippen molar-refractivity contribution in [3.8, 4) is 5.88 Å². The van der Waals surface area contributed by atoms with Crippen molar-refractivity contribution in [2.75, 3.05) is 5.32 Å². The first-order valence-corrected chi connectivity index (χ1v) is 12.2. The van der Waals surface area contributed by atoms with Gasteiger partial charge in [0.25, 0.3) is 0 Å². The molecule has 166 valence electrons. The number of urea groups is 1. The molecular formula is C21H26FN5O3S. The number of nitrogens with one attached hydrogen (secondary N) is 1. The molecule has 1 aromatic carbocycles. The minimum absolute atomic E-state index is 0.104. The number of halogens is 1. The molecule has 1 unspecified atom stereocenters. The van der Waals surface area contributed by atoms with E-state index < -0.39 is 27.7 Å². The second-order valence-corrected chi connectivity index (χ2v) is 10.6. The van der Waals surface area contributed by atoms with E-state index in [9.17, 15) is 13.4 Å². The zero-order valence-corrected chi connectivity index (χ0v) is 18.4. The highest BCUT2D eigenvalue weighted by molar-refractivity contribution is 7.91. The average molecular weight is 448 g/mol. The fourth-order valence-electron chi connectivity index (χ4n) is 4.79. The number of alkyl halides is 1. The van der Waals surface area contributed by atoms with Crippen molar-refractivity contribution < 1.29 is 18.1 Å².